The van der Waals surface area contributed by atoms with Crippen molar-refractivity contribution in [2.75, 3.05) is 5.73 Å². The standard InChI is InChI=1S/C11H9N5O2.HIS/c12-10-9(14-18-15-10)11(13-17)16-6-5-7-3-1-2-4-8(7)16;1-2/h1-6,17H,(H2,12,15);2H/b13-11-;. The number of benzene rings is 1. The fourth-order valence-corrected chi connectivity index (χ4v) is 1.83. The number of aromatic nitrogens is 3. The molecule has 1 aromatic carbocycles. The van der Waals surface area contributed by atoms with E-state index in [1.165, 1.54) is 0 Å². The lowest BCUT2D eigenvalue weighted by Crippen LogP contribution is -2.14. The van der Waals surface area contributed by atoms with Crippen molar-refractivity contribution in [3.05, 3.63) is 42.2 Å². The summed E-state index contributed by atoms with van der Waals surface area (Å²) in [7, 11) is 3.50. The lowest BCUT2D eigenvalue weighted by molar-refractivity contribution is 0.304. The molecule has 104 valence electrons. The molecule has 0 saturated heterocycles. The van der Waals surface area contributed by atoms with Gasteiger partial charge in [-0.25, -0.2) is 4.63 Å². The Bertz CT molecular complexity index is 739. The largest absolute Gasteiger partial charge is 0.409 e. The number of hydrogen-bond donors (Lipinski definition) is 3. The summed E-state index contributed by atoms with van der Waals surface area (Å²) in [5.41, 5.74) is 6.66. The van der Waals surface area contributed by atoms with Gasteiger partial charge in [0.05, 0.1) is 5.52 Å². The van der Waals surface area contributed by atoms with E-state index in [1.807, 2.05) is 51.5 Å². The van der Waals surface area contributed by atoms with Crippen LogP contribution in [0.3, 0.4) is 0 Å². The van der Waals surface area contributed by atoms with Crippen molar-refractivity contribution in [1.29, 1.82) is 0 Å². The molecule has 3 aromatic rings. The first-order valence-electron chi connectivity index (χ1n) is 5.35. The average molecular weight is 403 g/mol. The number of rotatable bonds is 1. The minimum atomic E-state index is 0.0700. The maximum Gasteiger partial charge on any atom is 0.210 e. The molecule has 3 N–H and O–H groups in total. The number of para-hydroxylation sites is 1. The molecule has 0 amide bonds. The SMILES string of the molecule is Nc1nonc1/C(=N/O)n1ccc2ccccc21.SI. The molecule has 7 nitrogen and oxygen atoms in total. The number of hydrogen-bond acceptors (Lipinski definition) is 7. The van der Waals surface area contributed by atoms with Gasteiger partial charge in [-0.05, 0) is 49.0 Å². The summed E-state index contributed by atoms with van der Waals surface area (Å²) in [6.45, 7) is 0. The maximum atomic E-state index is 9.16. The van der Waals surface area contributed by atoms with E-state index in [-0.39, 0.29) is 17.3 Å². The third-order valence-electron chi connectivity index (χ3n) is 2.65. The number of fused-ring (bicyclic) bond motifs is 1. The van der Waals surface area contributed by atoms with Crippen molar-refractivity contribution < 1.29 is 9.84 Å². The molecule has 0 radical (unpaired) electrons. The van der Waals surface area contributed by atoms with Gasteiger partial charge >= 0.3 is 0 Å². The smallest absolute Gasteiger partial charge is 0.210 e. The molecule has 0 atom stereocenters. The van der Waals surface area contributed by atoms with Crippen LogP contribution in [0.2, 0.25) is 0 Å². The van der Waals surface area contributed by atoms with Crippen molar-refractivity contribution in [1.82, 2.24) is 14.9 Å². The van der Waals surface area contributed by atoms with Gasteiger partial charge in [0, 0.05) is 6.20 Å². The zero-order valence-electron chi connectivity index (χ0n) is 10.0. The number of oxime groups is 1. The van der Waals surface area contributed by atoms with Gasteiger partial charge in [-0.1, -0.05) is 23.4 Å². The molecule has 2 aromatic heterocycles. The van der Waals surface area contributed by atoms with Crippen molar-refractivity contribution >= 4 is 53.6 Å². The number of thiol groups is 1. The summed E-state index contributed by atoms with van der Waals surface area (Å²) in [5.74, 6) is 0.232. The van der Waals surface area contributed by atoms with Gasteiger partial charge in [0.1, 0.15) is 0 Å². The van der Waals surface area contributed by atoms with Gasteiger partial charge in [0.2, 0.25) is 5.84 Å². The van der Waals surface area contributed by atoms with Crippen LogP contribution >= 0.6 is 31.0 Å². The van der Waals surface area contributed by atoms with E-state index in [0.717, 1.165) is 10.9 Å². The van der Waals surface area contributed by atoms with Gasteiger partial charge in [-0.3, -0.25) is 4.57 Å². The van der Waals surface area contributed by atoms with Crippen LogP contribution in [0, 0.1) is 0 Å². The summed E-state index contributed by atoms with van der Waals surface area (Å²) < 4.78 is 6.17. The van der Waals surface area contributed by atoms with Gasteiger partial charge < -0.3 is 10.9 Å². The van der Waals surface area contributed by atoms with Crippen LogP contribution in [0.15, 0.2) is 46.3 Å². The number of anilines is 1. The third kappa shape index (κ3) is 2.58. The molecule has 0 aliphatic carbocycles. The highest BCUT2D eigenvalue weighted by Crippen LogP contribution is 2.18. The molecule has 0 fully saturated rings. The number of nitrogens with two attached hydrogens (primary N) is 1. The Morgan fingerprint density at radius 3 is 2.70 bits per heavy atom. The summed E-state index contributed by atoms with van der Waals surface area (Å²) in [5, 5.41) is 20.5. The Balaban J connectivity index is 0.000000704. The normalized spacial score (nSPS) is 11.2. The minimum Gasteiger partial charge on any atom is -0.409 e. The highest BCUT2D eigenvalue weighted by Gasteiger charge is 2.18. The van der Waals surface area contributed by atoms with Crippen LogP contribution in [0.5, 0.6) is 0 Å². The fourth-order valence-electron chi connectivity index (χ4n) is 1.83. The van der Waals surface area contributed by atoms with Crippen molar-refractivity contribution in [2.45, 2.75) is 0 Å². The zero-order valence-corrected chi connectivity index (χ0v) is 13.1. The lowest BCUT2D eigenvalue weighted by atomic mass is 10.2. The molecule has 0 spiro atoms. The van der Waals surface area contributed by atoms with Gasteiger partial charge in [-0.2, -0.15) is 0 Å². The van der Waals surface area contributed by atoms with E-state index in [0.29, 0.717) is 0 Å². The van der Waals surface area contributed by atoms with Gasteiger partial charge in [0.15, 0.2) is 11.5 Å². The van der Waals surface area contributed by atoms with E-state index >= 15 is 0 Å². The molecule has 20 heavy (non-hydrogen) atoms. The summed E-state index contributed by atoms with van der Waals surface area (Å²) in [6, 6.07) is 9.55. The molecule has 9 heteroatoms. The monoisotopic (exact) mass is 403 g/mol. The van der Waals surface area contributed by atoms with Crippen molar-refractivity contribution in [2.24, 2.45) is 5.16 Å². The first kappa shape index (κ1) is 14.7. The number of nitrogen functional groups attached to an aromatic ring is 1. The quantitative estimate of drug-likeness (QED) is 0.145. The topological polar surface area (TPSA) is 102 Å². The fraction of sp³-hybridized carbons (Fsp3) is 0. The molecule has 0 unspecified atom stereocenters. The molecular weight excluding hydrogens is 393 g/mol. The first-order valence-corrected chi connectivity index (χ1v) is 8.58. The van der Waals surface area contributed by atoms with Crippen LogP contribution in [0.4, 0.5) is 5.82 Å². The average Bonchev–Trinajstić information content (AvgIpc) is 3.10. The lowest BCUT2D eigenvalue weighted by Gasteiger charge is -2.04. The maximum absolute atomic E-state index is 9.16. The molecule has 3 rings (SSSR count). The van der Waals surface area contributed by atoms with Crippen LogP contribution in [0.1, 0.15) is 5.69 Å². The Kier molecular flexibility index (Phi) is 4.84. The van der Waals surface area contributed by atoms with E-state index in [2.05, 4.69) is 29.9 Å². The van der Waals surface area contributed by atoms with E-state index in [1.54, 1.807) is 10.8 Å². The summed E-state index contributed by atoms with van der Waals surface area (Å²) >= 11 is 1.84. The number of halogens is 1. The predicted octanol–water partition coefficient (Wildman–Crippen LogP) is 2.56. The molecule has 0 saturated carbocycles. The van der Waals surface area contributed by atoms with Crippen LogP contribution < -0.4 is 5.73 Å². The predicted molar refractivity (Wildman–Crippen MR) is 87.4 cm³/mol. The Hall–Kier alpha value is -1.75. The van der Waals surface area contributed by atoms with Gasteiger partial charge in [0.25, 0.3) is 0 Å². The van der Waals surface area contributed by atoms with Crippen molar-refractivity contribution in [3.8, 4) is 0 Å². The molecular formula is C11H10IN5O2S. The van der Waals surface area contributed by atoms with E-state index < -0.39 is 0 Å². The van der Waals surface area contributed by atoms with E-state index in [4.69, 9.17) is 10.9 Å². The second-order valence-corrected chi connectivity index (χ2v) is 3.67. The van der Waals surface area contributed by atoms with Gasteiger partial charge in [-0.15, -0.1) is 9.80 Å². The molecule has 2 heterocycles. The van der Waals surface area contributed by atoms with Crippen molar-refractivity contribution in [3.63, 3.8) is 0 Å². The van der Waals surface area contributed by atoms with Crippen LogP contribution in [0.25, 0.3) is 10.9 Å². The summed E-state index contributed by atoms with van der Waals surface area (Å²) in [4.78, 5) is 0. The molecule has 0 bridgehead atoms. The number of nitrogens with zero attached hydrogens (tertiary/aromatic N) is 4. The minimum absolute atomic E-state index is 0.0700. The Labute approximate surface area is 131 Å². The van der Waals surface area contributed by atoms with Crippen LogP contribution in [-0.2, 0) is 0 Å². The Morgan fingerprint density at radius 1 is 1.30 bits per heavy atom. The molecule has 0 aliphatic rings. The van der Waals surface area contributed by atoms with E-state index in [9.17, 15) is 0 Å². The zero-order chi connectivity index (χ0) is 14.5. The van der Waals surface area contributed by atoms with Crippen LogP contribution in [-0.4, -0.2) is 25.9 Å². The Morgan fingerprint density at radius 2 is 2.05 bits per heavy atom. The highest BCUT2D eigenvalue weighted by atomic mass is 127. The third-order valence-corrected chi connectivity index (χ3v) is 2.65. The summed E-state index contributed by atoms with van der Waals surface area (Å²) in [6.07, 6.45) is 1.76. The molecule has 0 aliphatic heterocycles. The first-order chi connectivity index (χ1) is 9.81. The second kappa shape index (κ2) is 6.61. The highest BCUT2D eigenvalue weighted by molar-refractivity contribution is 14.2. The second-order valence-electron chi connectivity index (χ2n) is 3.67.